The molecule has 1 aliphatic heterocycles. The maximum absolute atomic E-state index is 13.6. The average molecular weight is 451 g/mol. The Balaban J connectivity index is 1.57. The highest BCUT2D eigenvalue weighted by atomic mass is 19.4. The quantitative estimate of drug-likeness (QED) is 0.539. The van der Waals surface area contributed by atoms with Crippen LogP contribution in [0.25, 0.3) is 11.3 Å². The predicted octanol–water partition coefficient (Wildman–Crippen LogP) is 5.48. The van der Waals surface area contributed by atoms with Crippen LogP contribution in [0.2, 0.25) is 0 Å². The molecule has 33 heavy (non-hydrogen) atoms. The molecule has 0 amide bonds. The number of rotatable bonds is 6. The van der Waals surface area contributed by atoms with Crippen molar-refractivity contribution < 1.29 is 17.9 Å². The summed E-state index contributed by atoms with van der Waals surface area (Å²) in [5.74, 6) is 0. The molecule has 1 saturated heterocycles. The largest absolute Gasteiger partial charge is 0.416 e. The zero-order valence-electron chi connectivity index (χ0n) is 18.0. The second-order valence-corrected chi connectivity index (χ2v) is 8.35. The summed E-state index contributed by atoms with van der Waals surface area (Å²) in [6, 6.07) is 19.1. The van der Waals surface area contributed by atoms with Crippen molar-refractivity contribution in [3.8, 4) is 17.3 Å². The number of nitrogens with zero attached hydrogens (tertiary/aromatic N) is 2. The molecule has 2 aromatic carbocycles. The number of pyridine rings is 1. The molecule has 0 aliphatic carbocycles. The highest BCUT2D eigenvalue weighted by Gasteiger charge is 2.34. The molecule has 0 saturated carbocycles. The summed E-state index contributed by atoms with van der Waals surface area (Å²) < 4.78 is 46.8. The van der Waals surface area contributed by atoms with Gasteiger partial charge in [-0.25, -0.2) is 0 Å². The lowest BCUT2D eigenvalue weighted by atomic mass is 9.74. The van der Waals surface area contributed by atoms with Gasteiger partial charge in [0.1, 0.15) is 6.07 Å². The van der Waals surface area contributed by atoms with Crippen LogP contribution in [0.4, 0.5) is 13.2 Å². The lowest BCUT2D eigenvalue weighted by molar-refractivity contribution is -0.137. The monoisotopic (exact) mass is 451 g/mol. The SMILES string of the molecule is N#Cc1ccc(-c2cc(COCC3(c4ccccc4)CCNCC3)cc(C(F)(F)F)c2)nc1. The topological polar surface area (TPSA) is 57.9 Å². The Morgan fingerprint density at radius 1 is 1.03 bits per heavy atom. The van der Waals surface area contributed by atoms with Gasteiger partial charge in [0.2, 0.25) is 0 Å². The van der Waals surface area contributed by atoms with Crippen molar-refractivity contribution in [3.05, 3.63) is 89.1 Å². The molecule has 1 aromatic heterocycles. The fourth-order valence-corrected chi connectivity index (χ4v) is 4.30. The first-order valence-electron chi connectivity index (χ1n) is 10.8. The summed E-state index contributed by atoms with van der Waals surface area (Å²) in [4.78, 5) is 4.15. The molecule has 4 nitrogen and oxygen atoms in total. The van der Waals surface area contributed by atoms with Crippen LogP contribution >= 0.6 is 0 Å². The Morgan fingerprint density at radius 3 is 2.42 bits per heavy atom. The first-order valence-corrected chi connectivity index (χ1v) is 10.8. The van der Waals surface area contributed by atoms with Gasteiger partial charge in [0, 0.05) is 17.2 Å². The number of hydrogen-bond acceptors (Lipinski definition) is 4. The van der Waals surface area contributed by atoms with Crippen LogP contribution in [0.5, 0.6) is 0 Å². The minimum absolute atomic E-state index is 0.0647. The number of benzene rings is 2. The Bertz CT molecular complexity index is 1120. The zero-order chi connectivity index (χ0) is 23.3. The van der Waals surface area contributed by atoms with Crippen LogP contribution in [0.1, 0.15) is 35.1 Å². The molecule has 170 valence electrons. The van der Waals surface area contributed by atoms with Crippen molar-refractivity contribution in [2.24, 2.45) is 0 Å². The van der Waals surface area contributed by atoms with Gasteiger partial charge in [-0.1, -0.05) is 30.3 Å². The third-order valence-corrected chi connectivity index (χ3v) is 6.10. The van der Waals surface area contributed by atoms with E-state index in [1.54, 1.807) is 18.2 Å². The number of aromatic nitrogens is 1. The first kappa shape index (κ1) is 23.0. The predicted molar refractivity (Wildman–Crippen MR) is 119 cm³/mol. The van der Waals surface area contributed by atoms with Gasteiger partial charge in [-0.15, -0.1) is 0 Å². The van der Waals surface area contributed by atoms with Gasteiger partial charge in [-0.05, 0) is 67.4 Å². The number of hydrogen-bond donors (Lipinski definition) is 1. The highest BCUT2D eigenvalue weighted by Crippen LogP contribution is 2.35. The molecule has 1 fully saturated rings. The van der Waals surface area contributed by atoms with Gasteiger partial charge >= 0.3 is 6.18 Å². The number of alkyl halides is 3. The summed E-state index contributed by atoms with van der Waals surface area (Å²) in [6.07, 6.45) is -1.33. The van der Waals surface area contributed by atoms with Crippen molar-refractivity contribution >= 4 is 0 Å². The molecular weight excluding hydrogens is 427 g/mol. The summed E-state index contributed by atoms with van der Waals surface area (Å²) in [7, 11) is 0. The van der Waals surface area contributed by atoms with Gasteiger partial charge in [0.25, 0.3) is 0 Å². The first-order chi connectivity index (χ1) is 15.9. The van der Waals surface area contributed by atoms with Crippen molar-refractivity contribution in [1.29, 1.82) is 5.26 Å². The van der Waals surface area contributed by atoms with E-state index in [0.29, 0.717) is 29.0 Å². The van der Waals surface area contributed by atoms with Gasteiger partial charge in [-0.2, -0.15) is 18.4 Å². The van der Waals surface area contributed by atoms with Crippen LogP contribution in [-0.4, -0.2) is 24.7 Å². The molecule has 0 bridgehead atoms. The van der Waals surface area contributed by atoms with E-state index >= 15 is 0 Å². The third kappa shape index (κ3) is 5.41. The molecule has 0 unspecified atom stereocenters. The van der Waals surface area contributed by atoms with Crippen LogP contribution in [0.3, 0.4) is 0 Å². The summed E-state index contributed by atoms with van der Waals surface area (Å²) in [5, 5.41) is 12.3. The Hall–Kier alpha value is -3.21. The molecule has 0 atom stereocenters. The maximum Gasteiger partial charge on any atom is 0.416 e. The van der Waals surface area contributed by atoms with Crippen molar-refractivity contribution in [2.75, 3.05) is 19.7 Å². The van der Waals surface area contributed by atoms with E-state index in [9.17, 15) is 13.2 Å². The van der Waals surface area contributed by atoms with Crippen molar-refractivity contribution in [2.45, 2.75) is 31.0 Å². The van der Waals surface area contributed by atoms with E-state index in [1.165, 1.54) is 11.8 Å². The minimum Gasteiger partial charge on any atom is -0.376 e. The minimum atomic E-state index is -4.49. The van der Waals surface area contributed by atoms with E-state index in [4.69, 9.17) is 10.00 Å². The summed E-state index contributed by atoms with van der Waals surface area (Å²) in [6.45, 7) is 2.24. The second kappa shape index (κ2) is 9.74. The van der Waals surface area contributed by atoms with E-state index in [-0.39, 0.29) is 12.0 Å². The fraction of sp³-hybridized carbons (Fsp3) is 0.308. The van der Waals surface area contributed by atoms with Gasteiger partial charge in [0.15, 0.2) is 0 Å². The lowest BCUT2D eigenvalue weighted by Gasteiger charge is -2.38. The lowest BCUT2D eigenvalue weighted by Crippen LogP contribution is -2.43. The second-order valence-electron chi connectivity index (χ2n) is 8.35. The molecule has 2 heterocycles. The summed E-state index contributed by atoms with van der Waals surface area (Å²) >= 11 is 0. The molecule has 0 spiro atoms. The Labute approximate surface area is 191 Å². The molecule has 1 N–H and O–H groups in total. The van der Waals surface area contributed by atoms with Crippen LogP contribution in [0.15, 0.2) is 66.9 Å². The molecule has 0 radical (unpaired) electrons. The van der Waals surface area contributed by atoms with E-state index in [0.717, 1.165) is 38.1 Å². The number of piperidine rings is 1. The Morgan fingerprint density at radius 2 is 1.79 bits per heavy atom. The average Bonchev–Trinajstić information content (AvgIpc) is 2.84. The van der Waals surface area contributed by atoms with Crippen LogP contribution < -0.4 is 5.32 Å². The highest BCUT2D eigenvalue weighted by molar-refractivity contribution is 5.62. The van der Waals surface area contributed by atoms with E-state index < -0.39 is 11.7 Å². The third-order valence-electron chi connectivity index (χ3n) is 6.10. The van der Waals surface area contributed by atoms with Crippen LogP contribution in [0, 0.1) is 11.3 Å². The van der Waals surface area contributed by atoms with Gasteiger partial charge in [0.05, 0.1) is 30.0 Å². The van der Waals surface area contributed by atoms with Crippen molar-refractivity contribution in [1.82, 2.24) is 10.3 Å². The number of ether oxygens (including phenoxy) is 1. The summed E-state index contributed by atoms with van der Waals surface area (Å²) in [5.41, 5.74) is 1.78. The molecule has 1 aliphatic rings. The molecule has 7 heteroatoms. The fourth-order valence-electron chi connectivity index (χ4n) is 4.30. The standard InChI is InChI=1S/C26H24F3N3O/c27-26(28,29)23-13-20(12-21(14-23)24-7-6-19(15-30)16-32-24)17-33-18-25(8-10-31-11-9-25)22-4-2-1-3-5-22/h1-7,12-14,16,31H,8-11,17-18H2. The molecule has 4 rings (SSSR count). The smallest absolute Gasteiger partial charge is 0.376 e. The maximum atomic E-state index is 13.6. The van der Waals surface area contributed by atoms with Crippen molar-refractivity contribution in [3.63, 3.8) is 0 Å². The van der Waals surface area contributed by atoms with Gasteiger partial charge in [-0.3, -0.25) is 4.98 Å². The number of nitriles is 1. The van der Waals surface area contributed by atoms with E-state index in [2.05, 4.69) is 22.4 Å². The van der Waals surface area contributed by atoms with Gasteiger partial charge < -0.3 is 10.1 Å². The van der Waals surface area contributed by atoms with Crippen LogP contribution in [-0.2, 0) is 22.9 Å². The molecular formula is C26H24F3N3O. The van der Waals surface area contributed by atoms with E-state index in [1.807, 2.05) is 24.3 Å². The normalized spacial score (nSPS) is 15.7. The molecule has 3 aromatic rings. The number of halogens is 3. The Kier molecular flexibility index (Phi) is 6.77. The number of nitrogens with one attached hydrogen (secondary N) is 1. The zero-order valence-corrected chi connectivity index (χ0v) is 18.0.